The Hall–Kier alpha value is 0.300. The molecule has 1 N–H and O–H groups in total. The summed E-state index contributed by atoms with van der Waals surface area (Å²) in [6, 6.07) is 0. The molecule has 0 radical (unpaired) electrons. The first kappa shape index (κ1) is 21.3. The van der Waals surface area contributed by atoms with Gasteiger partial charge in [-0.2, -0.15) is 0 Å². The van der Waals surface area contributed by atoms with Crippen molar-refractivity contribution in [3.05, 3.63) is 0 Å². The molecule has 1 unspecified atom stereocenters. The van der Waals surface area contributed by atoms with E-state index in [0.717, 1.165) is 25.7 Å². The average molecular weight is 344 g/mol. The van der Waals surface area contributed by atoms with Gasteiger partial charge in [-0.3, -0.25) is 9.13 Å². The van der Waals surface area contributed by atoms with E-state index in [1.807, 2.05) is 0 Å². The summed E-state index contributed by atoms with van der Waals surface area (Å²) < 4.78 is 41.1. The summed E-state index contributed by atoms with van der Waals surface area (Å²) in [5.41, 5.74) is 0. The van der Waals surface area contributed by atoms with Gasteiger partial charge in [0, 0.05) is 12.8 Å². The summed E-state index contributed by atoms with van der Waals surface area (Å²) in [7, 11) is -6.38. The molecule has 0 bridgehead atoms. The molecule has 0 aromatic rings. The van der Waals surface area contributed by atoms with Crippen molar-refractivity contribution in [3.63, 3.8) is 0 Å². The molecule has 0 aromatic heterocycles. The van der Waals surface area contributed by atoms with Gasteiger partial charge < -0.3 is 18.7 Å². The molecule has 1 atom stereocenters. The van der Waals surface area contributed by atoms with Crippen molar-refractivity contribution >= 4 is 15.0 Å². The Labute approximate surface area is 128 Å². The highest BCUT2D eigenvalue weighted by molar-refractivity contribution is 7.73. The van der Waals surface area contributed by atoms with Crippen molar-refractivity contribution in [1.82, 2.24) is 0 Å². The number of hydrogen-bond donors (Lipinski definition) is 1. The van der Waals surface area contributed by atoms with Crippen LogP contribution in [-0.4, -0.2) is 43.6 Å². The molecule has 0 saturated carbocycles. The topological polar surface area (TPSA) is 82.1 Å². The molecular formula is C13H30O6P2. The van der Waals surface area contributed by atoms with Crippen LogP contribution in [0.4, 0.5) is 0 Å². The largest absolute Gasteiger partial charge is 0.396 e. The lowest BCUT2D eigenvalue weighted by Crippen LogP contribution is -2.06. The summed E-state index contributed by atoms with van der Waals surface area (Å²) in [5, 5.41) is 8.73. The Morgan fingerprint density at radius 2 is 1.33 bits per heavy atom. The minimum absolute atomic E-state index is 0.157. The molecular weight excluding hydrogens is 314 g/mol. The van der Waals surface area contributed by atoms with Gasteiger partial charge in [0.2, 0.25) is 7.37 Å². The van der Waals surface area contributed by atoms with Crippen molar-refractivity contribution in [2.45, 2.75) is 46.5 Å². The minimum atomic E-state index is -3.36. The third kappa shape index (κ3) is 9.83. The molecule has 0 aliphatic rings. The van der Waals surface area contributed by atoms with Gasteiger partial charge >= 0.3 is 7.60 Å². The zero-order valence-corrected chi connectivity index (χ0v) is 15.2. The van der Waals surface area contributed by atoms with E-state index in [2.05, 4.69) is 0 Å². The Kier molecular flexibility index (Phi) is 12.0. The highest BCUT2D eigenvalue weighted by Crippen LogP contribution is 2.63. The molecule has 0 heterocycles. The molecule has 0 spiro atoms. The maximum Gasteiger partial charge on any atom is 0.340 e. The van der Waals surface area contributed by atoms with Gasteiger partial charge in [0.15, 0.2) is 0 Å². The lowest BCUT2D eigenvalue weighted by molar-refractivity contribution is 0.222. The summed E-state index contributed by atoms with van der Waals surface area (Å²) in [4.78, 5) is 0. The first-order chi connectivity index (χ1) is 9.95. The third-order valence-corrected chi connectivity index (χ3v) is 8.95. The fraction of sp³-hybridized carbons (Fsp3) is 1.00. The fourth-order valence-corrected chi connectivity index (χ4v) is 7.83. The molecule has 21 heavy (non-hydrogen) atoms. The summed E-state index contributed by atoms with van der Waals surface area (Å²) in [6.07, 6.45) is 3.59. The van der Waals surface area contributed by atoms with E-state index in [9.17, 15) is 9.13 Å². The predicted octanol–water partition coefficient (Wildman–Crippen LogP) is 4.08. The molecule has 0 saturated heterocycles. The van der Waals surface area contributed by atoms with Gasteiger partial charge in [0.25, 0.3) is 0 Å². The predicted molar refractivity (Wildman–Crippen MR) is 85.4 cm³/mol. The van der Waals surface area contributed by atoms with Crippen molar-refractivity contribution < 1.29 is 27.8 Å². The summed E-state index contributed by atoms with van der Waals surface area (Å²) in [5.74, 6) is -0.157. The van der Waals surface area contributed by atoms with Crippen LogP contribution in [0.25, 0.3) is 0 Å². The van der Waals surface area contributed by atoms with Gasteiger partial charge in [-0.25, -0.2) is 0 Å². The molecule has 0 amide bonds. The van der Waals surface area contributed by atoms with Crippen LogP contribution in [0.2, 0.25) is 0 Å². The van der Waals surface area contributed by atoms with E-state index in [1.54, 1.807) is 20.8 Å². The molecule has 0 aliphatic carbocycles. The van der Waals surface area contributed by atoms with E-state index in [4.69, 9.17) is 18.7 Å². The van der Waals surface area contributed by atoms with Crippen LogP contribution < -0.4 is 0 Å². The SMILES string of the molecule is CCOP(=O)(CCCCCCO)CP(=O)(OCC)OCC. The van der Waals surface area contributed by atoms with Gasteiger partial charge in [-0.05, 0) is 33.6 Å². The molecule has 0 fully saturated rings. The van der Waals surface area contributed by atoms with Crippen LogP contribution in [0, 0.1) is 0 Å². The average Bonchev–Trinajstić information content (AvgIpc) is 2.38. The second-order valence-corrected chi connectivity index (χ2v) is 9.89. The standard InChI is InChI=1S/C13H30O6P2/c1-4-17-20(15,12-10-8-7-9-11-14)13-21(16,18-5-2)19-6-3/h14H,4-13H2,1-3H3. The Morgan fingerprint density at radius 3 is 1.81 bits per heavy atom. The monoisotopic (exact) mass is 344 g/mol. The highest BCUT2D eigenvalue weighted by atomic mass is 31.2. The third-order valence-electron chi connectivity index (χ3n) is 2.81. The van der Waals surface area contributed by atoms with E-state index < -0.39 is 15.0 Å². The number of hydrogen-bond acceptors (Lipinski definition) is 6. The summed E-state index contributed by atoms with van der Waals surface area (Å²) >= 11 is 0. The number of aliphatic hydroxyl groups excluding tert-OH is 1. The van der Waals surface area contributed by atoms with Gasteiger partial charge in [-0.1, -0.05) is 12.8 Å². The van der Waals surface area contributed by atoms with Crippen LogP contribution >= 0.6 is 15.0 Å². The Morgan fingerprint density at radius 1 is 0.810 bits per heavy atom. The fourth-order valence-electron chi connectivity index (χ4n) is 2.01. The smallest absolute Gasteiger partial charge is 0.340 e. The Balaban J connectivity index is 4.60. The van der Waals surface area contributed by atoms with E-state index in [-0.39, 0.29) is 25.7 Å². The Bertz CT molecular complexity index is 338. The maximum absolute atomic E-state index is 12.8. The van der Waals surface area contributed by atoms with E-state index in [0.29, 0.717) is 12.8 Å². The van der Waals surface area contributed by atoms with Crippen molar-refractivity contribution in [3.8, 4) is 0 Å². The lowest BCUT2D eigenvalue weighted by Gasteiger charge is -2.23. The number of unbranched alkanes of at least 4 members (excludes halogenated alkanes) is 3. The normalized spacial score (nSPS) is 15.0. The number of aliphatic hydroxyl groups is 1. The second-order valence-electron chi connectivity index (χ2n) is 4.68. The summed E-state index contributed by atoms with van der Waals surface area (Å²) in [6.45, 7) is 6.21. The zero-order chi connectivity index (χ0) is 16.2. The van der Waals surface area contributed by atoms with Gasteiger partial charge in [0.05, 0.1) is 19.8 Å². The first-order valence-corrected chi connectivity index (χ1v) is 11.4. The molecule has 8 heteroatoms. The van der Waals surface area contributed by atoms with Crippen molar-refractivity contribution in [2.24, 2.45) is 0 Å². The zero-order valence-electron chi connectivity index (χ0n) is 13.5. The maximum atomic E-state index is 12.8. The number of rotatable bonds is 14. The van der Waals surface area contributed by atoms with Crippen LogP contribution in [0.5, 0.6) is 0 Å². The first-order valence-electron chi connectivity index (χ1n) is 7.67. The van der Waals surface area contributed by atoms with Crippen LogP contribution in [-0.2, 0) is 22.7 Å². The van der Waals surface area contributed by atoms with Crippen molar-refractivity contribution in [1.29, 1.82) is 0 Å². The molecule has 0 aliphatic heterocycles. The van der Waals surface area contributed by atoms with Crippen LogP contribution in [0.3, 0.4) is 0 Å². The van der Waals surface area contributed by atoms with Gasteiger partial charge in [-0.15, -0.1) is 0 Å². The van der Waals surface area contributed by atoms with Crippen LogP contribution in [0.1, 0.15) is 46.5 Å². The van der Waals surface area contributed by atoms with E-state index >= 15 is 0 Å². The lowest BCUT2D eigenvalue weighted by atomic mass is 10.2. The molecule has 0 rings (SSSR count). The second kappa shape index (κ2) is 11.8. The minimum Gasteiger partial charge on any atom is -0.396 e. The van der Waals surface area contributed by atoms with E-state index in [1.165, 1.54) is 0 Å². The molecule has 128 valence electrons. The van der Waals surface area contributed by atoms with Gasteiger partial charge in [0.1, 0.15) is 5.90 Å². The van der Waals surface area contributed by atoms with Crippen LogP contribution in [0.15, 0.2) is 0 Å². The van der Waals surface area contributed by atoms with Crippen molar-refractivity contribution in [2.75, 3.05) is 38.5 Å². The quantitative estimate of drug-likeness (QED) is 0.378. The molecule has 0 aromatic carbocycles. The molecule has 6 nitrogen and oxygen atoms in total. The highest BCUT2D eigenvalue weighted by Gasteiger charge is 2.36.